The molecule has 0 aliphatic rings. The maximum Gasteiger partial charge on any atom is 0.254 e. The van der Waals surface area contributed by atoms with Crippen LogP contribution in [-0.2, 0) is 0 Å². The van der Waals surface area contributed by atoms with Crippen LogP contribution >= 0.6 is 11.8 Å². The van der Waals surface area contributed by atoms with Gasteiger partial charge in [0.25, 0.3) is 5.91 Å². The fourth-order valence-corrected chi connectivity index (χ4v) is 2.87. The number of amides is 1. The van der Waals surface area contributed by atoms with Crippen molar-refractivity contribution in [3.63, 3.8) is 0 Å². The van der Waals surface area contributed by atoms with Gasteiger partial charge in [0, 0.05) is 23.4 Å². The molecule has 0 unspecified atom stereocenters. The average molecular weight is 296 g/mol. The average Bonchev–Trinajstić information content (AvgIpc) is 2.54. The lowest BCUT2D eigenvalue weighted by Gasteiger charge is -2.16. The third-order valence-corrected chi connectivity index (χ3v) is 4.32. The summed E-state index contributed by atoms with van der Waals surface area (Å²) in [5.74, 6) is -0.00459. The van der Waals surface area contributed by atoms with Crippen LogP contribution in [0.25, 0.3) is 0 Å². The van der Waals surface area contributed by atoms with Gasteiger partial charge in [-0.15, -0.1) is 0 Å². The fourth-order valence-electron chi connectivity index (χ4n) is 1.85. The molecule has 1 amide bonds. The van der Waals surface area contributed by atoms with Crippen molar-refractivity contribution in [1.82, 2.24) is 4.90 Å². The number of hydrogen-bond acceptors (Lipinski definition) is 3. The van der Waals surface area contributed by atoms with Gasteiger partial charge in [-0.3, -0.25) is 4.79 Å². The zero-order valence-corrected chi connectivity index (χ0v) is 12.9. The maximum atomic E-state index is 12.4. The Morgan fingerprint density at radius 1 is 1.14 bits per heavy atom. The highest BCUT2D eigenvalue weighted by Crippen LogP contribution is 2.32. The zero-order chi connectivity index (χ0) is 15.2. The van der Waals surface area contributed by atoms with Gasteiger partial charge in [-0.2, -0.15) is 5.26 Å². The molecule has 3 nitrogen and oxygen atoms in total. The third-order valence-electron chi connectivity index (χ3n) is 3.17. The molecule has 0 aromatic heterocycles. The van der Waals surface area contributed by atoms with Crippen LogP contribution in [0.5, 0.6) is 0 Å². The Bertz CT molecular complexity index is 691. The summed E-state index contributed by atoms with van der Waals surface area (Å²) in [5.41, 5.74) is 1.29. The SMILES string of the molecule is CCN(C)C(=O)c1ccccc1Sc1ccccc1C#N. The molecule has 21 heavy (non-hydrogen) atoms. The Balaban J connectivity index is 2.38. The molecule has 2 aromatic carbocycles. The lowest BCUT2D eigenvalue weighted by Crippen LogP contribution is -2.26. The smallest absolute Gasteiger partial charge is 0.254 e. The van der Waals surface area contributed by atoms with Crippen LogP contribution in [0.15, 0.2) is 58.3 Å². The highest BCUT2D eigenvalue weighted by molar-refractivity contribution is 7.99. The Morgan fingerprint density at radius 2 is 1.76 bits per heavy atom. The van der Waals surface area contributed by atoms with Crippen molar-refractivity contribution in [3.8, 4) is 6.07 Å². The minimum atomic E-state index is -0.00459. The molecule has 0 aliphatic heterocycles. The summed E-state index contributed by atoms with van der Waals surface area (Å²) in [7, 11) is 1.78. The normalized spacial score (nSPS) is 9.95. The van der Waals surface area contributed by atoms with Gasteiger partial charge in [0.15, 0.2) is 0 Å². The first-order chi connectivity index (χ1) is 10.2. The molecule has 0 saturated carbocycles. The van der Waals surface area contributed by atoms with Crippen LogP contribution in [0.2, 0.25) is 0 Å². The van der Waals surface area contributed by atoms with Crippen LogP contribution < -0.4 is 0 Å². The molecule has 0 aliphatic carbocycles. The van der Waals surface area contributed by atoms with Gasteiger partial charge in [0.2, 0.25) is 0 Å². The second-order valence-electron chi connectivity index (χ2n) is 4.53. The maximum absolute atomic E-state index is 12.4. The van der Waals surface area contributed by atoms with Crippen molar-refractivity contribution in [2.75, 3.05) is 13.6 Å². The van der Waals surface area contributed by atoms with Gasteiger partial charge in [-0.05, 0) is 31.2 Å². The number of hydrogen-bond donors (Lipinski definition) is 0. The van der Waals surface area contributed by atoms with Gasteiger partial charge in [-0.25, -0.2) is 0 Å². The fraction of sp³-hybridized carbons (Fsp3) is 0.176. The molecule has 0 spiro atoms. The van der Waals surface area contributed by atoms with E-state index >= 15 is 0 Å². The number of benzene rings is 2. The van der Waals surface area contributed by atoms with E-state index in [2.05, 4.69) is 6.07 Å². The standard InChI is InChI=1S/C17H16N2OS/c1-3-19(2)17(20)14-9-5-7-11-16(14)21-15-10-6-4-8-13(15)12-18/h4-11H,3H2,1-2H3. The molecule has 0 radical (unpaired) electrons. The van der Waals surface area contributed by atoms with Crippen LogP contribution in [0.1, 0.15) is 22.8 Å². The Kier molecular flexibility index (Phi) is 5.02. The van der Waals surface area contributed by atoms with Crippen molar-refractivity contribution in [2.45, 2.75) is 16.7 Å². The van der Waals surface area contributed by atoms with E-state index in [-0.39, 0.29) is 5.91 Å². The molecule has 106 valence electrons. The number of nitriles is 1. The molecule has 0 atom stereocenters. The lowest BCUT2D eigenvalue weighted by molar-refractivity contribution is 0.0799. The monoisotopic (exact) mass is 296 g/mol. The zero-order valence-electron chi connectivity index (χ0n) is 12.0. The van der Waals surface area contributed by atoms with E-state index < -0.39 is 0 Å². The van der Waals surface area contributed by atoms with E-state index in [0.29, 0.717) is 17.7 Å². The second-order valence-corrected chi connectivity index (χ2v) is 5.61. The van der Waals surface area contributed by atoms with Crippen LogP contribution in [0, 0.1) is 11.3 Å². The molecule has 0 saturated heterocycles. The molecule has 0 N–H and O–H groups in total. The molecule has 4 heteroatoms. The highest BCUT2D eigenvalue weighted by Gasteiger charge is 2.15. The lowest BCUT2D eigenvalue weighted by atomic mass is 10.2. The molecule has 0 heterocycles. The van der Waals surface area contributed by atoms with E-state index in [4.69, 9.17) is 5.26 Å². The Morgan fingerprint density at radius 3 is 2.43 bits per heavy atom. The summed E-state index contributed by atoms with van der Waals surface area (Å²) in [6.45, 7) is 2.60. The van der Waals surface area contributed by atoms with Crippen LogP contribution in [0.3, 0.4) is 0 Å². The summed E-state index contributed by atoms with van der Waals surface area (Å²) in [4.78, 5) is 15.8. The first-order valence-corrected chi connectivity index (χ1v) is 7.50. The van der Waals surface area contributed by atoms with Gasteiger partial charge in [0.1, 0.15) is 6.07 Å². The van der Waals surface area contributed by atoms with Crippen molar-refractivity contribution in [3.05, 3.63) is 59.7 Å². The van der Waals surface area contributed by atoms with Crippen LogP contribution in [0.4, 0.5) is 0 Å². The quantitative estimate of drug-likeness (QED) is 0.862. The van der Waals surface area contributed by atoms with Gasteiger partial charge in [-0.1, -0.05) is 36.0 Å². The first-order valence-electron chi connectivity index (χ1n) is 6.68. The second kappa shape index (κ2) is 6.96. The van der Waals surface area contributed by atoms with E-state index in [1.165, 1.54) is 11.8 Å². The summed E-state index contributed by atoms with van der Waals surface area (Å²) >= 11 is 1.45. The van der Waals surface area contributed by atoms with Crippen molar-refractivity contribution < 1.29 is 4.79 Å². The summed E-state index contributed by atoms with van der Waals surface area (Å²) < 4.78 is 0. The Labute approximate surface area is 129 Å². The van der Waals surface area contributed by atoms with E-state index in [1.54, 1.807) is 18.0 Å². The van der Waals surface area contributed by atoms with E-state index in [9.17, 15) is 4.79 Å². The predicted molar refractivity (Wildman–Crippen MR) is 84.4 cm³/mol. The molecule has 0 bridgehead atoms. The molecule has 2 rings (SSSR count). The predicted octanol–water partition coefficient (Wildman–Crippen LogP) is 3.80. The number of nitrogens with zero attached hydrogens (tertiary/aromatic N) is 2. The van der Waals surface area contributed by atoms with Crippen molar-refractivity contribution in [1.29, 1.82) is 5.26 Å². The molecular weight excluding hydrogens is 280 g/mol. The molecule has 2 aromatic rings. The van der Waals surface area contributed by atoms with Crippen molar-refractivity contribution >= 4 is 17.7 Å². The Hall–Kier alpha value is -2.25. The summed E-state index contributed by atoms with van der Waals surface area (Å²) in [6.07, 6.45) is 0. The highest BCUT2D eigenvalue weighted by atomic mass is 32.2. The largest absolute Gasteiger partial charge is 0.342 e. The first kappa shape index (κ1) is 15.1. The summed E-state index contributed by atoms with van der Waals surface area (Å²) in [6, 6.07) is 17.1. The molecular formula is C17H16N2OS. The van der Waals surface area contributed by atoms with Crippen molar-refractivity contribution in [2.24, 2.45) is 0 Å². The number of rotatable bonds is 4. The summed E-state index contributed by atoms with van der Waals surface area (Å²) in [5, 5.41) is 9.16. The van der Waals surface area contributed by atoms with Gasteiger partial charge < -0.3 is 4.90 Å². The third kappa shape index (κ3) is 3.45. The van der Waals surface area contributed by atoms with E-state index in [0.717, 1.165) is 9.79 Å². The minimum absolute atomic E-state index is 0.00459. The minimum Gasteiger partial charge on any atom is -0.342 e. The topological polar surface area (TPSA) is 44.1 Å². The number of carbonyl (C=O) groups is 1. The van der Waals surface area contributed by atoms with Crippen LogP contribution in [-0.4, -0.2) is 24.4 Å². The molecule has 0 fully saturated rings. The van der Waals surface area contributed by atoms with Gasteiger partial charge in [0.05, 0.1) is 11.1 Å². The van der Waals surface area contributed by atoms with Gasteiger partial charge >= 0.3 is 0 Å². The van der Waals surface area contributed by atoms with E-state index in [1.807, 2.05) is 49.4 Å². The number of carbonyl (C=O) groups excluding carboxylic acids is 1.